The van der Waals surface area contributed by atoms with Crippen molar-refractivity contribution >= 4 is 27.3 Å². The molecule has 2 saturated heterocycles. The quantitative estimate of drug-likeness (QED) is 0.841. The lowest BCUT2D eigenvalue weighted by Crippen LogP contribution is -2.44. The summed E-state index contributed by atoms with van der Waals surface area (Å²) < 4.78 is 26.1. The Labute approximate surface area is 150 Å². The zero-order valence-electron chi connectivity index (χ0n) is 14.8. The van der Waals surface area contributed by atoms with Gasteiger partial charge in [0.05, 0.1) is 5.75 Å². The van der Waals surface area contributed by atoms with Crippen LogP contribution in [0.4, 0.5) is 11.4 Å². The van der Waals surface area contributed by atoms with Crippen LogP contribution >= 0.6 is 0 Å². The maximum absolute atomic E-state index is 12.7. The molecule has 0 aliphatic carbocycles. The molecule has 0 spiro atoms. The maximum atomic E-state index is 12.7. The van der Waals surface area contributed by atoms with Gasteiger partial charge in [0.2, 0.25) is 15.9 Å². The number of sulfonamides is 1. The molecular weight excluding hydrogens is 338 g/mol. The second kappa shape index (κ2) is 7.74. The summed E-state index contributed by atoms with van der Waals surface area (Å²) in [6.45, 7) is 4.37. The fourth-order valence-electron chi connectivity index (χ4n) is 3.69. The number of benzene rings is 1. The van der Waals surface area contributed by atoms with E-state index in [1.165, 1.54) is 17.1 Å². The summed E-state index contributed by atoms with van der Waals surface area (Å²) in [5.41, 5.74) is 1.84. The Kier molecular flexibility index (Phi) is 5.64. The van der Waals surface area contributed by atoms with Gasteiger partial charge in [-0.3, -0.25) is 4.79 Å². The summed E-state index contributed by atoms with van der Waals surface area (Å²) in [4.78, 5) is 15.0. The van der Waals surface area contributed by atoms with Gasteiger partial charge < -0.3 is 10.2 Å². The van der Waals surface area contributed by atoms with Crippen LogP contribution in [-0.4, -0.2) is 50.1 Å². The third-order valence-electron chi connectivity index (χ3n) is 4.91. The molecule has 3 rings (SSSR count). The number of anilines is 2. The largest absolute Gasteiger partial charge is 0.371 e. The summed E-state index contributed by atoms with van der Waals surface area (Å²) in [7, 11) is -3.35. The van der Waals surface area contributed by atoms with Crippen LogP contribution in [0.15, 0.2) is 24.3 Å². The van der Waals surface area contributed by atoms with E-state index in [9.17, 15) is 13.2 Å². The smallest absolute Gasteiger partial charge is 0.242 e. The molecule has 1 atom stereocenters. The van der Waals surface area contributed by atoms with Gasteiger partial charge in [-0.25, -0.2) is 8.42 Å². The normalized spacial score (nSPS) is 21.6. The van der Waals surface area contributed by atoms with Crippen molar-refractivity contribution in [3.63, 3.8) is 0 Å². The third-order valence-corrected chi connectivity index (χ3v) is 6.99. The van der Waals surface area contributed by atoms with Crippen LogP contribution in [0.25, 0.3) is 0 Å². The Balaban J connectivity index is 1.70. The topological polar surface area (TPSA) is 69.7 Å². The molecule has 1 aromatic rings. The van der Waals surface area contributed by atoms with Crippen LogP contribution in [0.1, 0.15) is 39.0 Å². The van der Waals surface area contributed by atoms with Gasteiger partial charge in [0.25, 0.3) is 0 Å². The number of carbonyl (C=O) groups is 1. The second-order valence-electron chi connectivity index (χ2n) is 6.82. The molecule has 0 bridgehead atoms. The predicted molar refractivity (Wildman–Crippen MR) is 100 cm³/mol. The van der Waals surface area contributed by atoms with Gasteiger partial charge in [-0.15, -0.1) is 0 Å². The van der Waals surface area contributed by atoms with E-state index >= 15 is 0 Å². The standard InChI is InChI=1S/C18H27N3O3S/c1-2-13-25(23,24)21-12-6-9-17(21)18(22)19-15-7-5-8-16(14-15)20-10-3-4-11-20/h5,7-8,14,17H,2-4,6,9-13H2,1H3,(H,19,22). The average Bonchev–Trinajstić information content (AvgIpc) is 3.27. The van der Waals surface area contributed by atoms with Crippen molar-refractivity contribution in [2.24, 2.45) is 0 Å². The number of carbonyl (C=O) groups excluding carboxylic acids is 1. The fourth-order valence-corrected chi connectivity index (χ4v) is 5.44. The second-order valence-corrected chi connectivity index (χ2v) is 8.86. The lowest BCUT2D eigenvalue weighted by molar-refractivity contribution is -0.119. The van der Waals surface area contributed by atoms with Crippen molar-refractivity contribution in [1.29, 1.82) is 0 Å². The van der Waals surface area contributed by atoms with Crippen molar-refractivity contribution in [3.8, 4) is 0 Å². The van der Waals surface area contributed by atoms with E-state index < -0.39 is 16.1 Å². The molecule has 25 heavy (non-hydrogen) atoms. The molecule has 6 nitrogen and oxygen atoms in total. The first kappa shape index (κ1) is 18.2. The Morgan fingerprint density at radius 3 is 2.68 bits per heavy atom. The molecule has 1 aromatic carbocycles. The number of hydrogen-bond acceptors (Lipinski definition) is 4. The third kappa shape index (κ3) is 4.15. The Hall–Kier alpha value is -1.60. The molecule has 2 aliphatic rings. The number of amides is 1. The molecule has 7 heteroatoms. The molecule has 138 valence electrons. The molecular formula is C18H27N3O3S. The first-order valence-corrected chi connectivity index (χ1v) is 10.8. The zero-order valence-corrected chi connectivity index (χ0v) is 15.6. The Bertz CT molecular complexity index is 714. The molecule has 0 radical (unpaired) electrons. The minimum absolute atomic E-state index is 0.0984. The number of nitrogens with one attached hydrogen (secondary N) is 1. The average molecular weight is 365 g/mol. The van der Waals surface area contributed by atoms with Crippen molar-refractivity contribution in [2.45, 2.75) is 45.1 Å². The van der Waals surface area contributed by atoms with Crippen molar-refractivity contribution in [1.82, 2.24) is 4.31 Å². The van der Waals surface area contributed by atoms with E-state index in [1.54, 1.807) is 0 Å². The van der Waals surface area contributed by atoms with Crippen LogP contribution in [0.2, 0.25) is 0 Å². The first-order chi connectivity index (χ1) is 12.0. The van der Waals surface area contributed by atoms with E-state index in [0.29, 0.717) is 19.4 Å². The highest BCUT2D eigenvalue weighted by Crippen LogP contribution is 2.26. The number of nitrogens with zero attached hydrogens (tertiary/aromatic N) is 2. The molecule has 0 saturated carbocycles. The van der Waals surface area contributed by atoms with Gasteiger partial charge in [-0.2, -0.15) is 4.31 Å². The van der Waals surface area contributed by atoms with Gasteiger partial charge in [0, 0.05) is 31.0 Å². The number of hydrogen-bond donors (Lipinski definition) is 1. The highest BCUT2D eigenvalue weighted by molar-refractivity contribution is 7.89. The van der Waals surface area contributed by atoms with E-state index in [-0.39, 0.29) is 11.7 Å². The van der Waals surface area contributed by atoms with Crippen LogP contribution in [-0.2, 0) is 14.8 Å². The van der Waals surface area contributed by atoms with Gasteiger partial charge >= 0.3 is 0 Å². The molecule has 1 N–H and O–H groups in total. The van der Waals surface area contributed by atoms with Crippen molar-refractivity contribution in [3.05, 3.63) is 24.3 Å². The molecule has 2 heterocycles. The minimum Gasteiger partial charge on any atom is -0.371 e. The fraction of sp³-hybridized carbons (Fsp3) is 0.611. The van der Waals surface area contributed by atoms with E-state index in [0.717, 1.165) is 30.9 Å². The lowest BCUT2D eigenvalue weighted by Gasteiger charge is -2.23. The van der Waals surface area contributed by atoms with Crippen molar-refractivity contribution in [2.75, 3.05) is 35.6 Å². The Morgan fingerprint density at radius 2 is 1.96 bits per heavy atom. The highest BCUT2D eigenvalue weighted by Gasteiger charge is 2.38. The summed E-state index contributed by atoms with van der Waals surface area (Å²) >= 11 is 0. The predicted octanol–water partition coefficient (Wildman–Crippen LogP) is 2.43. The first-order valence-electron chi connectivity index (χ1n) is 9.16. The molecule has 1 unspecified atom stereocenters. The highest BCUT2D eigenvalue weighted by atomic mass is 32.2. The van der Waals surface area contributed by atoms with Gasteiger partial charge in [0.1, 0.15) is 6.04 Å². The van der Waals surface area contributed by atoms with E-state index in [1.807, 2.05) is 25.1 Å². The van der Waals surface area contributed by atoms with Gasteiger partial charge in [-0.05, 0) is 50.3 Å². The SMILES string of the molecule is CCCS(=O)(=O)N1CCCC1C(=O)Nc1cccc(N2CCCC2)c1. The lowest BCUT2D eigenvalue weighted by atomic mass is 10.2. The minimum atomic E-state index is -3.35. The summed E-state index contributed by atoms with van der Waals surface area (Å²) in [6.07, 6.45) is 4.27. The van der Waals surface area contributed by atoms with Crippen LogP contribution in [0, 0.1) is 0 Å². The van der Waals surface area contributed by atoms with Crippen LogP contribution < -0.4 is 10.2 Å². The zero-order chi connectivity index (χ0) is 17.9. The number of rotatable bonds is 6. The van der Waals surface area contributed by atoms with Gasteiger partial charge in [-0.1, -0.05) is 13.0 Å². The Morgan fingerprint density at radius 1 is 1.20 bits per heavy atom. The summed E-state index contributed by atoms with van der Waals surface area (Å²) in [5, 5.41) is 2.92. The van der Waals surface area contributed by atoms with Gasteiger partial charge in [0.15, 0.2) is 0 Å². The molecule has 1 amide bonds. The summed E-state index contributed by atoms with van der Waals surface area (Å²) in [5.74, 6) is -0.128. The maximum Gasteiger partial charge on any atom is 0.242 e. The van der Waals surface area contributed by atoms with E-state index in [2.05, 4.69) is 16.3 Å². The summed E-state index contributed by atoms with van der Waals surface area (Å²) in [6, 6.07) is 7.23. The monoisotopic (exact) mass is 365 g/mol. The molecule has 2 fully saturated rings. The molecule has 2 aliphatic heterocycles. The van der Waals surface area contributed by atoms with Crippen molar-refractivity contribution < 1.29 is 13.2 Å². The van der Waals surface area contributed by atoms with Crippen LogP contribution in [0.3, 0.4) is 0 Å². The van der Waals surface area contributed by atoms with Crippen LogP contribution in [0.5, 0.6) is 0 Å². The van der Waals surface area contributed by atoms with E-state index in [4.69, 9.17) is 0 Å². The molecule has 0 aromatic heterocycles.